The van der Waals surface area contributed by atoms with Crippen LogP contribution in [-0.2, 0) is 6.54 Å². The number of rotatable bonds is 4. The second-order valence-electron chi connectivity index (χ2n) is 3.74. The number of benzene rings is 2. The lowest BCUT2D eigenvalue weighted by Crippen LogP contribution is -2.05. The van der Waals surface area contributed by atoms with Crippen LogP contribution in [0.2, 0.25) is 10.0 Å². The van der Waals surface area contributed by atoms with Gasteiger partial charge in [0.05, 0.1) is 12.8 Å². The van der Waals surface area contributed by atoms with Gasteiger partial charge in [0.25, 0.3) is 0 Å². The predicted molar refractivity (Wildman–Crippen MR) is 77.3 cm³/mol. The summed E-state index contributed by atoms with van der Waals surface area (Å²) in [5.41, 5.74) is 4.97. The molecular weight excluding hydrogens is 267 g/mol. The first kappa shape index (κ1) is 12.9. The Hall–Kier alpha value is -1.51. The topological polar surface area (TPSA) is 24.4 Å². The van der Waals surface area contributed by atoms with E-state index in [1.807, 2.05) is 48.5 Å². The lowest BCUT2D eigenvalue weighted by molar-refractivity contribution is 0.748. The molecule has 0 aliphatic heterocycles. The van der Waals surface area contributed by atoms with Crippen LogP contribution in [0.4, 0.5) is 0 Å². The van der Waals surface area contributed by atoms with Crippen LogP contribution in [0.3, 0.4) is 0 Å². The summed E-state index contributed by atoms with van der Waals surface area (Å²) in [5.74, 6) is 0. The molecule has 0 aliphatic carbocycles. The second-order valence-corrected chi connectivity index (χ2v) is 4.58. The minimum atomic E-state index is 0.601. The third-order valence-electron chi connectivity index (χ3n) is 2.40. The molecule has 2 aromatic carbocycles. The summed E-state index contributed by atoms with van der Waals surface area (Å²) in [4.78, 5) is 0. The van der Waals surface area contributed by atoms with Crippen LogP contribution in [0.25, 0.3) is 0 Å². The molecule has 92 valence electrons. The smallest absolute Gasteiger partial charge is 0.0594 e. The number of nitrogens with one attached hydrogen (secondary N) is 1. The Bertz CT molecular complexity index is 536. The standard InChI is InChI=1S/C14H12Cl2N2/c15-13-7-5-11(6-8-13)9-17-18-10-12-3-1-2-4-14(12)16/h1-9,18H,10H2/b17-9-. The molecule has 2 rings (SSSR count). The number of nitrogens with zero attached hydrogens (tertiary/aromatic N) is 1. The molecule has 0 radical (unpaired) electrons. The average Bonchev–Trinajstić information content (AvgIpc) is 2.39. The largest absolute Gasteiger partial charge is 0.306 e. The normalized spacial score (nSPS) is 10.8. The summed E-state index contributed by atoms with van der Waals surface area (Å²) in [7, 11) is 0. The van der Waals surface area contributed by atoms with Crippen molar-refractivity contribution in [1.29, 1.82) is 0 Å². The first-order chi connectivity index (χ1) is 8.75. The van der Waals surface area contributed by atoms with Crippen LogP contribution < -0.4 is 5.43 Å². The molecular formula is C14H12Cl2N2. The highest BCUT2D eigenvalue weighted by atomic mass is 35.5. The van der Waals surface area contributed by atoms with Crippen LogP contribution in [0.15, 0.2) is 53.6 Å². The zero-order valence-corrected chi connectivity index (χ0v) is 11.1. The fraction of sp³-hybridized carbons (Fsp3) is 0.0714. The fourth-order valence-electron chi connectivity index (χ4n) is 1.44. The molecule has 0 atom stereocenters. The van der Waals surface area contributed by atoms with Crippen LogP contribution in [-0.4, -0.2) is 6.21 Å². The predicted octanol–water partition coefficient (Wildman–Crippen LogP) is 4.12. The van der Waals surface area contributed by atoms with Gasteiger partial charge in [-0.2, -0.15) is 5.10 Å². The molecule has 0 aromatic heterocycles. The molecule has 4 heteroatoms. The Morgan fingerprint density at radius 3 is 2.44 bits per heavy atom. The Morgan fingerprint density at radius 2 is 1.72 bits per heavy atom. The molecule has 2 aromatic rings. The Morgan fingerprint density at radius 1 is 1.00 bits per heavy atom. The van der Waals surface area contributed by atoms with Crippen molar-refractivity contribution in [3.8, 4) is 0 Å². The number of halogens is 2. The van der Waals surface area contributed by atoms with Crippen LogP contribution in [0.1, 0.15) is 11.1 Å². The average molecular weight is 279 g/mol. The number of hydrogen-bond acceptors (Lipinski definition) is 2. The highest BCUT2D eigenvalue weighted by Crippen LogP contribution is 2.14. The first-order valence-electron chi connectivity index (χ1n) is 5.50. The van der Waals surface area contributed by atoms with Crippen LogP contribution in [0, 0.1) is 0 Å². The van der Waals surface area contributed by atoms with Gasteiger partial charge in [0.15, 0.2) is 0 Å². The third kappa shape index (κ3) is 3.76. The van der Waals surface area contributed by atoms with Crippen LogP contribution in [0.5, 0.6) is 0 Å². The summed E-state index contributed by atoms with van der Waals surface area (Å²) < 4.78 is 0. The molecule has 0 fully saturated rings. The molecule has 0 saturated carbocycles. The first-order valence-corrected chi connectivity index (χ1v) is 6.26. The molecule has 0 unspecified atom stereocenters. The third-order valence-corrected chi connectivity index (χ3v) is 3.02. The van der Waals surface area contributed by atoms with Gasteiger partial charge in [-0.3, -0.25) is 0 Å². The molecule has 0 aliphatic rings. The Balaban J connectivity index is 1.89. The molecule has 18 heavy (non-hydrogen) atoms. The zero-order valence-electron chi connectivity index (χ0n) is 9.61. The fourth-order valence-corrected chi connectivity index (χ4v) is 1.77. The van der Waals surface area contributed by atoms with Crippen molar-refractivity contribution in [3.63, 3.8) is 0 Å². The lowest BCUT2D eigenvalue weighted by atomic mass is 10.2. The van der Waals surface area contributed by atoms with Gasteiger partial charge in [-0.15, -0.1) is 0 Å². The number of hydrogen-bond donors (Lipinski definition) is 1. The van der Waals surface area contributed by atoms with Crippen molar-refractivity contribution >= 4 is 29.4 Å². The number of hydrazone groups is 1. The van der Waals surface area contributed by atoms with Gasteiger partial charge >= 0.3 is 0 Å². The molecule has 2 nitrogen and oxygen atoms in total. The van der Waals surface area contributed by atoms with E-state index in [1.54, 1.807) is 6.21 Å². The van der Waals surface area contributed by atoms with Crippen molar-refractivity contribution in [1.82, 2.24) is 5.43 Å². The molecule has 0 saturated heterocycles. The highest BCUT2D eigenvalue weighted by molar-refractivity contribution is 6.31. The van der Waals surface area contributed by atoms with E-state index >= 15 is 0 Å². The van der Waals surface area contributed by atoms with Crippen molar-refractivity contribution in [2.45, 2.75) is 6.54 Å². The molecule has 0 heterocycles. The van der Waals surface area contributed by atoms with Gasteiger partial charge in [-0.05, 0) is 29.3 Å². The maximum absolute atomic E-state index is 6.03. The summed E-state index contributed by atoms with van der Waals surface area (Å²) in [6, 6.07) is 15.2. The van der Waals surface area contributed by atoms with Gasteiger partial charge in [-0.25, -0.2) is 0 Å². The lowest BCUT2D eigenvalue weighted by Gasteiger charge is -2.02. The zero-order chi connectivity index (χ0) is 12.8. The van der Waals surface area contributed by atoms with Gasteiger partial charge in [0, 0.05) is 10.0 Å². The quantitative estimate of drug-likeness (QED) is 0.660. The van der Waals surface area contributed by atoms with E-state index in [2.05, 4.69) is 10.5 Å². The Labute approximate surface area is 116 Å². The Kier molecular flexibility index (Phi) is 4.62. The summed E-state index contributed by atoms with van der Waals surface area (Å²) in [6.45, 7) is 0.601. The van der Waals surface area contributed by atoms with E-state index in [9.17, 15) is 0 Å². The van der Waals surface area contributed by atoms with Crippen molar-refractivity contribution in [2.75, 3.05) is 0 Å². The molecule has 0 bridgehead atoms. The van der Waals surface area contributed by atoms with Crippen molar-refractivity contribution in [2.24, 2.45) is 5.10 Å². The van der Waals surface area contributed by atoms with E-state index in [4.69, 9.17) is 23.2 Å². The van der Waals surface area contributed by atoms with Gasteiger partial charge in [0.1, 0.15) is 0 Å². The van der Waals surface area contributed by atoms with E-state index < -0.39 is 0 Å². The maximum Gasteiger partial charge on any atom is 0.0594 e. The molecule has 0 spiro atoms. The monoisotopic (exact) mass is 278 g/mol. The van der Waals surface area contributed by atoms with E-state index in [1.165, 1.54) is 0 Å². The van der Waals surface area contributed by atoms with Crippen LogP contribution >= 0.6 is 23.2 Å². The minimum absolute atomic E-state index is 0.601. The molecule has 0 amide bonds. The SMILES string of the molecule is Clc1ccc(/C=N\NCc2ccccc2Cl)cc1. The van der Waals surface area contributed by atoms with E-state index in [0.717, 1.165) is 21.2 Å². The maximum atomic E-state index is 6.03. The van der Waals surface area contributed by atoms with Gasteiger partial charge in [0.2, 0.25) is 0 Å². The molecule has 1 N–H and O–H groups in total. The van der Waals surface area contributed by atoms with E-state index in [-0.39, 0.29) is 0 Å². The van der Waals surface area contributed by atoms with Gasteiger partial charge < -0.3 is 5.43 Å². The highest BCUT2D eigenvalue weighted by Gasteiger charge is 1.96. The minimum Gasteiger partial charge on any atom is -0.306 e. The van der Waals surface area contributed by atoms with Crippen molar-refractivity contribution < 1.29 is 0 Å². The summed E-state index contributed by atoms with van der Waals surface area (Å²) in [5, 5.41) is 5.59. The van der Waals surface area contributed by atoms with E-state index in [0.29, 0.717) is 6.54 Å². The summed E-state index contributed by atoms with van der Waals surface area (Å²) in [6.07, 6.45) is 1.74. The summed E-state index contributed by atoms with van der Waals surface area (Å²) >= 11 is 11.8. The van der Waals surface area contributed by atoms with Gasteiger partial charge in [-0.1, -0.05) is 53.5 Å². The van der Waals surface area contributed by atoms with Crippen molar-refractivity contribution in [3.05, 3.63) is 69.7 Å². The second kappa shape index (κ2) is 6.43.